The van der Waals surface area contributed by atoms with Gasteiger partial charge in [0.15, 0.2) is 0 Å². The van der Waals surface area contributed by atoms with Gasteiger partial charge in [-0.2, -0.15) is 0 Å². The molecule has 0 aromatic heterocycles. The summed E-state index contributed by atoms with van der Waals surface area (Å²) in [6.07, 6.45) is 2.32. The van der Waals surface area contributed by atoms with Crippen LogP contribution in [-0.2, 0) is 0 Å². The number of nitrogens with two attached hydrogens (primary N) is 1. The van der Waals surface area contributed by atoms with Crippen LogP contribution in [-0.4, -0.2) is 0 Å². The molecule has 0 spiro atoms. The molecule has 2 rings (SSSR count). The molecule has 1 fully saturated rings. The van der Waals surface area contributed by atoms with E-state index in [9.17, 15) is 4.39 Å². The summed E-state index contributed by atoms with van der Waals surface area (Å²) in [5.74, 6) is 0.236. The summed E-state index contributed by atoms with van der Waals surface area (Å²) >= 11 is 5.88. The van der Waals surface area contributed by atoms with Gasteiger partial charge in [-0.3, -0.25) is 0 Å². The molecule has 0 bridgehead atoms. The number of halogens is 2. The Bertz CT molecular complexity index is 323. The summed E-state index contributed by atoms with van der Waals surface area (Å²) in [6.45, 7) is 0. The molecule has 3 heteroatoms. The molecular formula is C10H11ClFN. The van der Waals surface area contributed by atoms with Crippen LogP contribution in [0.1, 0.15) is 24.4 Å². The minimum atomic E-state index is -0.309. The molecule has 1 aromatic rings. The third-order valence-electron chi connectivity index (χ3n) is 2.45. The second-order valence-electron chi connectivity index (χ2n) is 3.53. The molecule has 1 aliphatic carbocycles. The van der Waals surface area contributed by atoms with Crippen molar-refractivity contribution in [3.05, 3.63) is 34.6 Å². The molecule has 0 unspecified atom stereocenters. The zero-order valence-corrected chi connectivity index (χ0v) is 7.89. The molecule has 13 heavy (non-hydrogen) atoms. The first kappa shape index (κ1) is 8.97. The number of hydrogen-bond acceptors (Lipinski definition) is 1. The zero-order chi connectivity index (χ0) is 9.42. The zero-order valence-electron chi connectivity index (χ0n) is 7.13. The Morgan fingerprint density at radius 3 is 2.69 bits per heavy atom. The predicted octanol–water partition coefficient (Wildman–Crippen LogP) is 2.89. The lowest BCUT2D eigenvalue weighted by atomic mass is 10.0. The van der Waals surface area contributed by atoms with Gasteiger partial charge in [-0.1, -0.05) is 17.7 Å². The molecule has 1 saturated carbocycles. The van der Waals surface area contributed by atoms with Crippen molar-refractivity contribution in [2.45, 2.75) is 18.9 Å². The second kappa shape index (κ2) is 3.28. The Morgan fingerprint density at radius 1 is 1.46 bits per heavy atom. The first-order valence-corrected chi connectivity index (χ1v) is 4.77. The molecule has 0 radical (unpaired) electrons. The molecule has 1 nitrogen and oxygen atoms in total. The van der Waals surface area contributed by atoms with E-state index in [1.807, 2.05) is 0 Å². The van der Waals surface area contributed by atoms with Gasteiger partial charge in [-0.25, -0.2) is 4.39 Å². The maximum Gasteiger partial charge on any atom is 0.124 e. The van der Waals surface area contributed by atoms with Gasteiger partial charge in [0.05, 0.1) is 0 Å². The van der Waals surface area contributed by atoms with Gasteiger partial charge in [0.25, 0.3) is 0 Å². The van der Waals surface area contributed by atoms with Crippen molar-refractivity contribution in [3.8, 4) is 0 Å². The SMILES string of the molecule is N[C@H](c1ccc(F)cc1Cl)C1CC1. The molecular weight excluding hydrogens is 189 g/mol. The minimum Gasteiger partial charge on any atom is -0.324 e. The van der Waals surface area contributed by atoms with Gasteiger partial charge in [0, 0.05) is 11.1 Å². The average Bonchev–Trinajstić information content (AvgIpc) is 2.85. The van der Waals surface area contributed by atoms with E-state index in [2.05, 4.69) is 0 Å². The van der Waals surface area contributed by atoms with E-state index in [-0.39, 0.29) is 11.9 Å². The minimum absolute atomic E-state index is 0.0203. The third-order valence-corrected chi connectivity index (χ3v) is 2.78. The summed E-state index contributed by atoms with van der Waals surface area (Å²) in [7, 11) is 0. The summed E-state index contributed by atoms with van der Waals surface area (Å²) in [5.41, 5.74) is 6.81. The second-order valence-corrected chi connectivity index (χ2v) is 3.94. The first-order valence-electron chi connectivity index (χ1n) is 4.39. The lowest BCUT2D eigenvalue weighted by Crippen LogP contribution is -2.12. The quantitative estimate of drug-likeness (QED) is 0.779. The Balaban J connectivity index is 2.28. The van der Waals surface area contributed by atoms with E-state index in [4.69, 9.17) is 17.3 Å². The molecule has 1 aliphatic rings. The smallest absolute Gasteiger partial charge is 0.124 e. The fourth-order valence-electron chi connectivity index (χ4n) is 1.48. The summed E-state index contributed by atoms with van der Waals surface area (Å²) in [4.78, 5) is 0. The van der Waals surface area contributed by atoms with Crippen LogP contribution in [0.5, 0.6) is 0 Å². The summed E-state index contributed by atoms with van der Waals surface area (Å²) in [6, 6.07) is 4.39. The number of rotatable bonds is 2. The molecule has 0 saturated heterocycles. The molecule has 2 N–H and O–H groups in total. The Kier molecular flexibility index (Phi) is 2.26. The largest absolute Gasteiger partial charge is 0.324 e. The maximum absolute atomic E-state index is 12.7. The fraction of sp³-hybridized carbons (Fsp3) is 0.400. The third kappa shape index (κ3) is 1.84. The van der Waals surface area contributed by atoms with Crippen LogP contribution in [0.3, 0.4) is 0 Å². The van der Waals surface area contributed by atoms with Crippen LogP contribution >= 0.6 is 11.6 Å². The van der Waals surface area contributed by atoms with Crippen LogP contribution in [0.4, 0.5) is 4.39 Å². The van der Waals surface area contributed by atoms with Crippen LogP contribution < -0.4 is 5.73 Å². The van der Waals surface area contributed by atoms with E-state index in [1.165, 1.54) is 12.1 Å². The number of hydrogen-bond donors (Lipinski definition) is 1. The highest BCUT2D eigenvalue weighted by molar-refractivity contribution is 6.31. The molecule has 0 amide bonds. The van der Waals surface area contributed by atoms with Gasteiger partial charge < -0.3 is 5.73 Å². The Labute approximate surface area is 81.7 Å². The van der Waals surface area contributed by atoms with Crippen molar-refractivity contribution in [2.75, 3.05) is 0 Å². The van der Waals surface area contributed by atoms with Crippen molar-refractivity contribution in [2.24, 2.45) is 11.7 Å². The Morgan fingerprint density at radius 2 is 2.15 bits per heavy atom. The van der Waals surface area contributed by atoms with Crippen LogP contribution in [0.15, 0.2) is 18.2 Å². The summed E-state index contributed by atoms with van der Waals surface area (Å²) < 4.78 is 12.7. The lowest BCUT2D eigenvalue weighted by molar-refractivity contribution is 0.613. The van der Waals surface area contributed by atoms with Crippen molar-refractivity contribution >= 4 is 11.6 Å². The van der Waals surface area contributed by atoms with Crippen molar-refractivity contribution in [1.82, 2.24) is 0 Å². The van der Waals surface area contributed by atoms with Crippen LogP contribution in [0, 0.1) is 11.7 Å². The maximum atomic E-state index is 12.7. The Hall–Kier alpha value is -0.600. The van der Waals surface area contributed by atoms with Gasteiger partial charge in [0.1, 0.15) is 5.82 Å². The molecule has 1 aromatic carbocycles. The first-order chi connectivity index (χ1) is 6.18. The van der Waals surface area contributed by atoms with Gasteiger partial charge in [-0.15, -0.1) is 0 Å². The fourth-order valence-corrected chi connectivity index (χ4v) is 1.77. The van der Waals surface area contributed by atoms with Gasteiger partial charge in [-0.05, 0) is 36.5 Å². The number of benzene rings is 1. The molecule has 70 valence electrons. The van der Waals surface area contributed by atoms with E-state index in [1.54, 1.807) is 6.07 Å². The van der Waals surface area contributed by atoms with Gasteiger partial charge in [0.2, 0.25) is 0 Å². The topological polar surface area (TPSA) is 26.0 Å². The average molecular weight is 200 g/mol. The van der Waals surface area contributed by atoms with Crippen molar-refractivity contribution in [1.29, 1.82) is 0 Å². The predicted molar refractivity (Wildman–Crippen MR) is 51.1 cm³/mol. The van der Waals surface area contributed by atoms with E-state index in [0.717, 1.165) is 18.4 Å². The van der Waals surface area contributed by atoms with E-state index < -0.39 is 0 Å². The molecule has 1 atom stereocenters. The van der Waals surface area contributed by atoms with Crippen LogP contribution in [0.25, 0.3) is 0 Å². The highest BCUT2D eigenvalue weighted by atomic mass is 35.5. The van der Waals surface area contributed by atoms with Crippen molar-refractivity contribution < 1.29 is 4.39 Å². The highest BCUT2D eigenvalue weighted by Gasteiger charge is 2.30. The van der Waals surface area contributed by atoms with E-state index in [0.29, 0.717) is 10.9 Å². The molecule has 0 heterocycles. The lowest BCUT2D eigenvalue weighted by Gasteiger charge is -2.12. The molecule has 0 aliphatic heterocycles. The van der Waals surface area contributed by atoms with Crippen molar-refractivity contribution in [3.63, 3.8) is 0 Å². The standard InChI is InChI=1S/C10H11ClFN/c11-9-5-7(12)3-4-8(9)10(13)6-1-2-6/h3-6,10H,1-2,13H2/t10-/m0/s1. The highest BCUT2D eigenvalue weighted by Crippen LogP contribution is 2.41. The van der Waals surface area contributed by atoms with Gasteiger partial charge >= 0.3 is 0 Å². The van der Waals surface area contributed by atoms with E-state index >= 15 is 0 Å². The monoisotopic (exact) mass is 199 g/mol. The summed E-state index contributed by atoms with van der Waals surface area (Å²) in [5, 5.41) is 0.444. The normalized spacial score (nSPS) is 18.7. The van der Waals surface area contributed by atoms with Crippen LogP contribution in [0.2, 0.25) is 5.02 Å².